The van der Waals surface area contributed by atoms with Crippen molar-refractivity contribution in [3.05, 3.63) is 48.0 Å². The monoisotopic (exact) mass is 309 g/mol. The van der Waals surface area contributed by atoms with Crippen LogP contribution in [0.2, 0.25) is 0 Å². The molecule has 0 saturated carbocycles. The molecule has 4 rings (SSSR count). The van der Waals surface area contributed by atoms with Crippen LogP contribution in [0.3, 0.4) is 0 Å². The first-order valence-corrected chi connectivity index (χ1v) is 7.91. The summed E-state index contributed by atoms with van der Waals surface area (Å²) in [6.45, 7) is 3.73. The van der Waals surface area contributed by atoms with Crippen molar-refractivity contribution >= 4 is 27.7 Å². The lowest BCUT2D eigenvalue weighted by Gasteiger charge is -2.26. The highest BCUT2D eigenvalue weighted by molar-refractivity contribution is 6.14. The van der Waals surface area contributed by atoms with E-state index in [1.54, 1.807) is 0 Å². The molecule has 1 aromatic heterocycles. The molecule has 1 aliphatic heterocycles. The van der Waals surface area contributed by atoms with E-state index in [1.165, 1.54) is 0 Å². The number of fused-ring (bicyclic) bond motifs is 3. The van der Waals surface area contributed by atoms with Crippen molar-refractivity contribution in [1.82, 2.24) is 15.2 Å². The molecule has 0 radical (unpaired) electrons. The highest BCUT2D eigenvalue weighted by atomic mass is 16.5. The van der Waals surface area contributed by atoms with E-state index in [2.05, 4.69) is 21.3 Å². The van der Waals surface area contributed by atoms with Gasteiger partial charge < -0.3 is 15.0 Å². The molecule has 0 unspecified atom stereocenters. The van der Waals surface area contributed by atoms with E-state index in [-0.39, 0.29) is 5.91 Å². The smallest absolute Gasteiger partial charge is 0.254 e. The molecule has 118 valence electrons. The minimum Gasteiger partial charge on any atom is -0.379 e. The minimum absolute atomic E-state index is 0.0475. The van der Waals surface area contributed by atoms with Gasteiger partial charge in [-0.15, -0.1) is 0 Å². The van der Waals surface area contributed by atoms with Crippen molar-refractivity contribution in [3.63, 3.8) is 0 Å². The Morgan fingerprint density at radius 2 is 1.87 bits per heavy atom. The Hall–Kier alpha value is -2.37. The van der Waals surface area contributed by atoms with Crippen LogP contribution in [0.5, 0.6) is 0 Å². The van der Waals surface area contributed by atoms with Crippen molar-refractivity contribution in [1.29, 1.82) is 0 Å². The first-order valence-electron chi connectivity index (χ1n) is 7.91. The third-order valence-electron chi connectivity index (χ3n) is 4.35. The number of para-hydroxylation sites is 2. The van der Waals surface area contributed by atoms with Crippen molar-refractivity contribution in [2.24, 2.45) is 0 Å². The van der Waals surface area contributed by atoms with Crippen LogP contribution < -0.4 is 5.32 Å². The summed E-state index contributed by atoms with van der Waals surface area (Å²) >= 11 is 0. The van der Waals surface area contributed by atoms with Crippen molar-refractivity contribution in [2.45, 2.75) is 0 Å². The van der Waals surface area contributed by atoms with Gasteiger partial charge in [0.05, 0.1) is 31.0 Å². The zero-order valence-electron chi connectivity index (χ0n) is 12.8. The lowest BCUT2D eigenvalue weighted by atomic mass is 10.1. The largest absolute Gasteiger partial charge is 0.379 e. The Morgan fingerprint density at radius 1 is 1.09 bits per heavy atom. The molecular formula is C18H19N3O2. The second-order valence-electron chi connectivity index (χ2n) is 5.79. The number of hydrogen-bond donors (Lipinski definition) is 2. The second-order valence-corrected chi connectivity index (χ2v) is 5.79. The van der Waals surface area contributed by atoms with Crippen LogP contribution in [0.15, 0.2) is 42.5 Å². The number of carbonyl (C=O) groups is 1. The average Bonchev–Trinajstić information content (AvgIpc) is 2.99. The first-order chi connectivity index (χ1) is 11.3. The number of H-pyrrole nitrogens is 1. The third kappa shape index (κ3) is 2.69. The summed E-state index contributed by atoms with van der Waals surface area (Å²) in [6.07, 6.45) is 0. The molecule has 0 aliphatic carbocycles. The Balaban J connectivity index is 1.61. The van der Waals surface area contributed by atoms with Crippen LogP contribution >= 0.6 is 0 Å². The van der Waals surface area contributed by atoms with Crippen LogP contribution in [0.4, 0.5) is 0 Å². The standard InChI is InChI=1S/C18H19N3O2/c22-18(19-12-21-8-10-23-11-9-21)15-6-3-5-14-13-4-1-2-7-16(13)20-17(14)15/h1-7,20H,8-12H2,(H,19,22). The summed E-state index contributed by atoms with van der Waals surface area (Å²) in [5.74, 6) is -0.0475. The van der Waals surface area contributed by atoms with E-state index in [1.807, 2.05) is 36.4 Å². The number of aromatic nitrogens is 1. The molecule has 0 spiro atoms. The maximum Gasteiger partial charge on any atom is 0.254 e. The Bertz CT molecular complexity index is 850. The number of aromatic amines is 1. The summed E-state index contributed by atoms with van der Waals surface area (Å²) in [5.41, 5.74) is 2.64. The average molecular weight is 309 g/mol. The molecule has 1 saturated heterocycles. The van der Waals surface area contributed by atoms with Gasteiger partial charge in [0.2, 0.25) is 0 Å². The highest BCUT2D eigenvalue weighted by Crippen LogP contribution is 2.27. The topological polar surface area (TPSA) is 57.4 Å². The van der Waals surface area contributed by atoms with Gasteiger partial charge in [-0.05, 0) is 12.1 Å². The normalized spacial score (nSPS) is 16.0. The van der Waals surface area contributed by atoms with Crippen LogP contribution in [-0.4, -0.2) is 48.8 Å². The van der Waals surface area contributed by atoms with E-state index in [0.29, 0.717) is 12.2 Å². The van der Waals surface area contributed by atoms with Crippen molar-refractivity contribution in [2.75, 3.05) is 33.0 Å². The van der Waals surface area contributed by atoms with Crippen molar-refractivity contribution in [3.8, 4) is 0 Å². The van der Waals surface area contributed by atoms with Crippen LogP contribution in [0.25, 0.3) is 21.8 Å². The van der Waals surface area contributed by atoms with E-state index in [9.17, 15) is 4.79 Å². The van der Waals surface area contributed by atoms with Gasteiger partial charge >= 0.3 is 0 Å². The lowest BCUT2D eigenvalue weighted by Crippen LogP contribution is -2.43. The second kappa shape index (κ2) is 6.02. The van der Waals surface area contributed by atoms with Gasteiger partial charge in [-0.1, -0.05) is 30.3 Å². The molecule has 5 nitrogen and oxygen atoms in total. The molecule has 1 fully saturated rings. The molecule has 0 bridgehead atoms. The van der Waals surface area contributed by atoms with Crippen LogP contribution in [0, 0.1) is 0 Å². The number of rotatable bonds is 3. The fourth-order valence-corrected chi connectivity index (χ4v) is 3.10. The predicted molar refractivity (Wildman–Crippen MR) is 90.5 cm³/mol. The molecule has 2 heterocycles. The maximum atomic E-state index is 12.6. The summed E-state index contributed by atoms with van der Waals surface area (Å²) in [5, 5.41) is 5.24. The fourth-order valence-electron chi connectivity index (χ4n) is 3.10. The molecule has 0 atom stereocenters. The predicted octanol–water partition coefficient (Wildman–Crippen LogP) is 2.34. The molecular weight excluding hydrogens is 290 g/mol. The number of nitrogens with one attached hydrogen (secondary N) is 2. The number of nitrogens with zero attached hydrogens (tertiary/aromatic N) is 1. The maximum absolute atomic E-state index is 12.6. The summed E-state index contributed by atoms with van der Waals surface area (Å²) < 4.78 is 5.32. The Morgan fingerprint density at radius 3 is 2.74 bits per heavy atom. The van der Waals surface area contributed by atoms with Gasteiger partial charge in [0, 0.05) is 29.4 Å². The van der Waals surface area contributed by atoms with Gasteiger partial charge in [-0.25, -0.2) is 0 Å². The number of hydrogen-bond acceptors (Lipinski definition) is 3. The van der Waals surface area contributed by atoms with Gasteiger partial charge in [0.25, 0.3) is 5.91 Å². The zero-order valence-corrected chi connectivity index (χ0v) is 12.8. The summed E-state index contributed by atoms with van der Waals surface area (Å²) in [6, 6.07) is 14.0. The molecule has 2 N–H and O–H groups in total. The van der Waals surface area contributed by atoms with E-state index < -0.39 is 0 Å². The lowest BCUT2D eigenvalue weighted by molar-refractivity contribution is 0.0334. The molecule has 1 amide bonds. The molecule has 1 aliphatic rings. The van der Waals surface area contributed by atoms with E-state index in [0.717, 1.165) is 48.1 Å². The minimum atomic E-state index is -0.0475. The number of ether oxygens (including phenoxy) is 1. The van der Waals surface area contributed by atoms with Gasteiger partial charge in [0.15, 0.2) is 0 Å². The first kappa shape index (κ1) is 14.2. The quantitative estimate of drug-likeness (QED) is 0.781. The van der Waals surface area contributed by atoms with Crippen molar-refractivity contribution < 1.29 is 9.53 Å². The van der Waals surface area contributed by atoms with Gasteiger partial charge in [0.1, 0.15) is 0 Å². The Kier molecular flexibility index (Phi) is 3.73. The summed E-state index contributed by atoms with van der Waals surface area (Å²) in [7, 11) is 0. The zero-order chi connectivity index (χ0) is 15.6. The van der Waals surface area contributed by atoms with Gasteiger partial charge in [-0.2, -0.15) is 0 Å². The van der Waals surface area contributed by atoms with E-state index in [4.69, 9.17) is 4.74 Å². The number of amides is 1. The van der Waals surface area contributed by atoms with Gasteiger partial charge in [-0.3, -0.25) is 9.69 Å². The fraction of sp³-hybridized carbons (Fsp3) is 0.278. The summed E-state index contributed by atoms with van der Waals surface area (Å²) in [4.78, 5) is 18.1. The number of benzene rings is 2. The third-order valence-corrected chi connectivity index (χ3v) is 4.35. The number of carbonyl (C=O) groups excluding carboxylic acids is 1. The SMILES string of the molecule is O=C(NCN1CCOCC1)c1cccc2c1[nH]c1ccccc12. The molecule has 2 aromatic carbocycles. The van der Waals surface area contributed by atoms with Crippen LogP contribution in [-0.2, 0) is 4.74 Å². The van der Waals surface area contributed by atoms with Crippen LogP contribution in [0.1, 0.15) is 10.4 Å². The Labute approximate surface area is 134 Å². The van der Waals surface area contributed by atoms with E-state index >= 15 is 0 Å². The molecule has 23 heavy (non-hydrogen) atoms. The molecule has 3 aromatic rings. The molecule has 5 heteroatoms. The number of morpholine rings is 1. The highest BCUT2D eigenvalue weighted by Gasteiger charge is 2.15.